The third kappa shape index (κ3) is 3.59. The van der Waals surface area contributed by atoms with Crippen molar-refractivity contribution in [2.75, 3.05) is 5.73 Å². The number of hydrogen-bond donors (Lipinski definition) is 1. The van der Waals surface area contributed by atoms with E-state index in [1.807, 2.05) is 24.3 Å². The van der Waals surface area contributed by atoms with Crippen LogP contribution >= 0.6 is 46.6 Å². The number of nitrogens with two attached hydrogens (primary N) is 1. The predicted octanol–water partition coefficient (Wildman–Crippen LogP) is 6.42. The van der Waals surface area contributed by atoms with Crippen molar-refractivity contribution in [3.8, 4) is 11.4 Å². The number of anilines is 1. The van der Waals surface area contributed by atoms with Crippen molar-refractivity contribution in [1.29, 1.82) is 0 Å². The van der Waals surface area contributed by atoms with E-state index in [0.717, 1.165) is 26.8 Å². The largest absolute Gasteiger partial charge is 0.372 e. The van der Waals surface area contributed by atoms with Crippen LogP contribution in [0.15, 0.2) is 52.5 Å². The second kappa shape index (κ2) is 7.87. The first-order valence-electron chi connectivity index (χ1n) is 8.95. The minimum atomic E-state index is 0.0977. The van der Waals surface area contributed by atoms with Crippen LogP contribution in [0.4, 0.5) is 5.95 Å². The summed E-state index contributed by atoms with van der Waals surface area (Å²) in [5.41, 5.74) is 8.88. The fraction of sp³-hybridized carbons (Fsp3) is 0.0952. The Morgan fingerprint density at radius 1 is 0.900 bits per heavy atom. The third-order valence-electron chi connectivity index (χ3n) is 4.75. The molecule has 1 aliphatic heterocycles. The standard InChI is InChI=1S/C21H13Cl3N4OS/c22-12-4-5-14(23)16(7-12)30-21-27-19(26-20(25)28-21)18-13-3-1-2-10-8-29-9-11(17(10)13)6-15(18)24/h1-7H,8-9H2,(H2,25,26,27,28). The van der Waals surface area contributed by atoms with Crippen molar-refractivity contribution < 1.29 is 4.74 Å². The number of aromatic nitrogens is 3. The molecule has 0 fully saturated rings. The molecule has 1 aliphatic rings. The summed E-state index contributed by atoms with van der Waals surface area (Å²) >= 11 is 20.3. The van der Waals surface area contributed by atoms with Crippen LogP contribution in [-0.2, 0) is 18.0 Å². The van der Waals surface area contributed by atoms with Gasteiger partial charge in [-0.25, -0.2) is 4.98 Å². The van der Waals surface area contributed by atoms with E-state index in [0.29, 0.717) is 44.8 Å². The van der Waals surface area contributed by atoms with Crippen molar-refractivity contribution in [3.63, 3.8) is 0 Å². The van der Waals surface area contributed by atoms with Crippen molar-refractivity contribution in [1.82, 2.24) is 15.0 Å². The van der Waals surface area contributed by atoms with Gasteiger partial charge in [-0.2, -0.15) is 9.97 Å². The molecule has 30 heavy (non-hydrogen) atoms. The van der Waals surface area contributed by atoms with Crippen LogP contribution in [0, 0.1) is 0 Å². The fourth-order valence-corrected chi connectivity index (χ4v) is 5.14. The number of nitrogen functional groups attached to an aromatic ring is 1. The molecule has 1 aromatic heterocycles. The number of hydrogen-bond acceptors (Lipinski definition) is 6. The summed E-state index contributed by atoms with van der Waals surface area (Å²) in [6, 6.07) is 13.1. The molecule has 0 radical (unpaired) electrons. The van der Waals surface area contributed by atoms with E-state index < -0.39 is 0 Å². The molecule has 5 nitrogen and oxygen atoms in total. The van der Waals surface area contributed by atoms with Crippen LogP contribution in [0.2, 0.25) is 15.1 Å². The van der Waals surface area contributed by atoms with Crippen LogP contribution in [0.25, 0.3) is 22.2 Å². The van der Waals surface area contributed by atoms with Gasteiger partial charge in [0.15, 0.2) is 11.0 Å². The third-order valence-corrected chi connectivity index (χ3v) is 6.64. The highest BCUT2D eigenvalue weighted by atomic mass is 35.5. The van der Waals surface area contributed by atoms with E-state index in [-0.39, 0.29) is 5.95 Å². The number of ether oxygens (including phenoxy) is 1. The molecule has 2 N–H and O–H groups in total. The lowest BCUT2D eigenvalue weighted by molar-refractivity contribution is 0.103. The van der Waals surface area contributed by atoms with Gasteiger partial charge in [0, 0.05) is 15.5 Å². The summed E-state index contributed by atoms with van der Waals surface area (Å²) in [5.74, 6) is 0.504. The van der Waals surface area contributed by atoms with Crippen molar-refractivity contribution in [2.24, 2.45) is 0 Å². The number of benzene rings is 3. The minimum Gasteiger partial charge on any atom is -0.372 e. The molecule has 0 atom stereocenters. The second-order valence-corrected chi connectivity index (χ2v) is 8.96. The van der Waals surface area contributed by atoms with Crippen LogP contribution < -0.4 is 5.73 Å². The molecule has 0 saturated carbocycles. The molecule has 2 heterocycles. The summed E-state index contributed by atoms with van der Waals surface area (Å²) in [6.07, 6.45) is 0. The van der Waals surface area contributed by atoms with Gasteiger partial charge in [-0.1, -0.05) is 53.0 Å². The van der Waals surface area contributed by atoms with E-state index >= 15 is 0 Å². The molecule has 5 rings (SSSR count). The van der Waals surface area contributed by atoms with E-state index in [1.165, 1.54) is 11.8 Å². The Balaban J connectivity index is 1.67. The maximum Gasteiger partial charge on any atom is 0.224 e. The average Bonchev–Trinajstić information content (AvgIpc) is 2.71. The van der Waals surface area contributed by atoms with Gasteiger partial charge in [0.1, 0.15) is 0 Å². The maximum atomic E-state index is 6.67. The Hall–Kier alpha value is -2.09. The van der Waals surface area contributed by atoms with Crippen LogP contribution in [0.1, 0.15) is 11.1 Å². The molecule has 150 valence electrons. The van der Waals surface area contributed by atoms with Crippen LogP contribution in [0.3, 0.4) is 0 Å². The predicted molar refractivity (Wildman–Crippen MR) is 121 cm³/mol. The highest BCUT2D eigenvalue weighted by molar-refractivity contribution is 7.99. The second-order valence-electron chi connectivity index (χ2n) is 6.70. The molecule has 0 bridgehead atoms. The molecule has 0 amide bonds. The molecular weight excluding hydrogens is 463 g/mol. The topological polar surface area (TPSA) is 73.9 Å². The Morgan fingerprint density at radius 3 is 2.60 bits per heavy atom. The smallest absolute Gasteiger partial charge is 0.224 e. The lowest BCUT2D eigenvalue weighted by Gasteiger charge is -2.20. The first-order chi connectivity index (χ1) is 14.5. The lowest BCUT2D eigenvalue weighted by Crippen LogP contribution is -2.06. The number of nitrogens with zero attached hydrogens (tertiary/aromatic N) is 3. The first-order valence-corrected chi connectivity index (χ1v) is 10.9. The van der Waals surface area contributed by atoms with Crippen LogP contribution in [-0.4, -0.2) is 15.0 Å². The highest BCUT2D eigenvalue weighted by Gasteiger charge is 2.21. The normalized spacial score (nSPS) is 13.0. The molecular formula is C21H13Cl3N4OS. The molecule has 4 aromatic rings. The lowest BCUT2D eigenvalue weighted by atomic mass is 9.94. The SMILES string of the molecule is Nc1nc(Sc2cc(Cl)ccc2Cl)nc(-c2c(Cl)cc3c4c(cccc24)COC3)n1. The van der Waals surface area contributed by atoms with Gasteiger partial charge in [0.25, 0.3) is 0 Å². The Bertz CT molecular complexity index is 1320. The zero-order valence-corrected chi connectivity index (χ0v) is 18.4. The number of rotatable bonds is 3. The van der Waals surface area contributed by atoms with E-state index in [1.54, 1.807) is 18.2 Å². The van der Waals surface area contributed by atoms with Gasteiger partial charge in [-0.05, 0) is 57.9 Å². The van der Waals surface area contributed by atoms with E-state index in [4.69, 9.17) is 45.3 Å². The van der Waals surface area contributed by atoms with Gasteiger partial charge in [0.05, 0.1) is 23.3 Å². The Morgan fingerprint density at radius 2 is 1.73 bits per heavy atom. The molecule has 0 saturated heterocycles. The minimum absolute atomic E-state index is 0.0977. The summed E-state index contributed by atoms with van der Waals surface area (Å²) in [5, 5.41) is 4.13. The van der Waals surface area contributed by atoms with Gasteiger partial charge >= 0.3 is 0 Å². The molecule has 0 unspecified atom stereocenters. The van der Waals surface area contributed by atoms with E-state index in [2.05, 4.69) is 15.0 Å². The van der Waals surface area contributed by atoms with Gasteiger partial charge in [-0.3, -0.25) is 0 Å². The Kier molecular flexibility index (Phi) is 5.21. The molecule has 0 spiro atoms. The zero-order chi connectivity index (χ0) is 20.8. The average molecular weight is 476 g/mol. The maximum absolute atomic E-state index is 6.67. The summed E-state index contributed by atoms with van der Waals surface area (Å²) in [4.78, 5) is 14.0. The van der Waals surface area contributed by atoms with Gasteiger partial charge < -0.3 is 10.5 Å². The number of halogens is 3. The molecule has 9 heteroatoms. The van der Waals surface area contributed by atoms with E-state index in [9.17, 15) is 0 Å². The summed E-state index contributed by atoms with van der Waals surface area (Å²) < 4.78 is 5.67. The summed E-state index contributed by atoms with van der Waals surface area (Å²) in [6.45, 7) is 1.07. The van der Waals surface area contributed by atoms with Gasteiger partial charge in [0.2, 0.25) is 5.95 Å². The Labute approximate surface area is 191 Å². The van der Waals surface area contributed by atoms with Gasteiger partial charge in [-0.15, -0.1) is 0 Å². The molecule has 3 aromatic carbocycles. The van der Waals surface area contributed by atoms with Crippen LogP contribution in [0.5, 0.6) is 0 Å². The van der Waals surface area contributed by atoms with Crippen molar-refractivity contribution >= 4 is 63.3 Å². The monoisotopic (exact) mass is 474 g/mol. The van der Waals surface area contributed by atoms with Crippen molar-refractivity contribution in [2.45, 2.75) is 23.3 Å². The molecule has 0 aliphatic carbocycles. The zero-order valence-electron chi connectivity index (χ0n) is 15.3. The van der Waals surface area contributed by atoms with Crippen molar-refractivity contribution in [3.05, 3.63) is 68.7 Å². The quantitative estimate of drug-likeness (QED) is 0.369. The first kappa shape index (κ1) is 19.8. The fourth-order valence-electron chi connectivity index (χ4n) is 3.53. The highest BCUT2D eigenvalue weighted by Crippen LogP contribution is 2.40. The summed E-state index contributed by atoms with van der Waals surface area (Å²) in [7, 11) is 0.